The summed E-state index contributed by atoms with van der Waals surface area (Å²) in [7, 11) is 1.51. The minimum absolute atomic E-state index is 0.171. The molecule has 0 bridgehead atoms. The molecular formula is C9H13NO2S. The Bertz CT molecular complexity index is 271. The Morgan fingerprint density at radius 2 is 2.08 bits per heavy atom. The van der Waals surface area contributed by atoms with Gasteiger partial charge in [-0.25, -0.2) is 0 Å². The molecule has 1 aliphatic rings. The first-order chi connectivity index (χ1) is 6.02. The van der Waals surface area contributed by atoms with Crippen molar-refractivity contribution in [1.82, 2.24) is 4.90 Å². The summed E-state index contributed by atoms with van der Waals surface area (Å²) in [6, 6.07) is 0. The highest BCUT2D eigenvalue weighted by atomic mass is 32.2. The lowest BCUT2D eigenvalue weighted by atomic mass is 10.1. The number of amides is 2. The van der Waals surface area contributed by atoms with E-state index >= 15 is 0 Å². The average Bonchev–Trinajstić information content (AvgIpc) is 2.29. The summed E-state index contributed by atoms with van der Waals surface area (Å²) in [5, 5.41) is -0.181. The Kier molecular flexibility index (Phi) is 3.14. The summed E-state index contributed by atoms with van der Waals surface area (Å²) >= 11 is 1.02. The molecule has 0 aromatic rings. The van der Waals surface area contributed by atoms with Crippen LogP contribution in [0.4, 0.5) is 4.79 Å². The largest absolute Gasteiger partial charge is 0.293 e. The Morgan fingerprint density at radius 3 is 2.46 bits per heavy atom. The van der Waals surface area contributed by atoms with Gasteiger partial charge in [-0.2, -0.15) is 0 Å². The van der Waals surface area contributed by atoms with E-state index in [1.165, 1.54) is 7.05 Å². The van der Waals surface area contributed by atoms with Gasteiger partial charge in [-0.05, 0) is 24.1 Å². The first-order valence-corrected chi connectivity index (χ1v) is 5.04. The van der Waals surface area contributed by atoms with Crippen molar-refractivity contribution in [3.63, 3.8) is 0 Å². The molecule has 3 nitrogen and oxygen atoms in total. The number of allylic oxidation sites excluding steroid dienone is 1. The van der Waals surface area contributed by atoms with Crippen LogP contribution < -0.4 is 0 Å². The van der Waals surface area contributed by atoms with Crippen molar-refractivity contribution in [3.8, 4) is 0 Å². The fourth-order valence-corrected chi connectivity index (χ4v) is 1.74. The SMILES string of the molecule is CC(C)C/C=C1/SC(=O)N(C)C1=O. The van der Waals surface area contributed by atoms with Gasteiger partial charge in [-0.15, -0.1) is 0 Å². The maximum Gasteiger partial charge on any atom is 0.293 e. The van der Waals surface area contributed by atoms with Crippen molar-refractivity contribution in [2.24, 2.45) is 5.92 Å². The summed E-state index contributed by atoms with van der Waals surface area (Å²) in [5.74, 6) is 0.345. The van der Waals surface area contributed by atoms with E-state index in [2.05, 4.69) is 13.8 Å². The number of imide groups is 1. The molecule has 1 aliphatic heterocycles. The molecule has 0 unspecified atom stereocenters. The lowest BCUT2D eigenvalue weighted by molar-refractivity contribution is -0.121. The molecule has 1 saturated heterocycles. The molecule has 1 heterocycles. The van der Waals surface area contributed by atoms with Crippen LogP contribution >= 0.6 is 11.8 Å². The number of hydrogen-bond donors (Lipinski definition) is 0. The van der Waals surface area contributed by atoms with Crippen LogP contribution in [-0.4, -0.2) is 23.1 Å². The number of rotatable bonds is 2. The normalized spacial score (nSPS) is 20.9. The molecule has 0 aromatic carbocycles. The first-order valence-electron chi connectivity index (χ1n) is 4.22. The maximum absolute atomic E-state index is 11.3. The predicted octanol–water partition coefficient (Wildman–Crippen LogP) is 2.24. The van der Waals surface area contributed by atoms with Crippen LogP contribution in [0, 0.1) is 5.92 Å². The third kappa shape index (κ3) is 2.34. The number of carbonyl (C=O) groups excluding carboxylic acids is 2. The molecule has 0 aliphatic carbocycles. The fourth-order valence-electron chi connectivity index (χ4n) is 0.926. The highest BCUT2D eigenvalue weighted by Gasteiger charge is 2.31. The van der Waals surface area contributed by atoms with Crippen LogP contribution in [0.25, 0.3) is 0 Å². The number of hydrogen-bond acceptors (Lipinski definition) is 3. The van der Waals surface area contributed by atoms with E-state index in [9.17, 15) is 9.59 Å². The van der Waals surface area contributed by atoms with Gasteiger partial charge in [-0.3, -0.25) is 14.5 Å². The summed E-state index contributed by atoms with van der Waals surface area (Å²) < 4.78 is 0. The highest BCUT2D eigenvalue weighted by molar-refractivity contribution is 8.18. The van der Waals surface area contributed by atoms with Gasteiger partial charge in [-0.1, -0.05) is 19.9 Å². The van der Waals surface area contributed by atoms with Crippen molar-refractivity contribution < 1.29 is 9.59 Å². The Labute approximate surface area is 82.2 Å². The molecule has 0 aromatic heterocycles. The molecule has 72 valence electrons. The van der Waals surface area contributed by atoms with Crippen molar-refractivity contribution in [1.29, 1.82) is 0 Å². The van der Waals surface area contributed by atoms with Crippen LogP contribution in [0.15, 0.2) is 11.0 Å². The van der Waals surface area contributed by atoms with E-state index in [1.807, 2.05) is 6.08 Å². The van der Waals surface area contributed by atoms with Gasteiger partial charge >= 0.3 is 0 Å². The lowest BCUT2D eigenvalue weighted by Gasteiger charge is -2.01. The quantitative estimate of drug-likeness (QED) is 0.640. The molecule has 1 rings (SSSR count). The number of carbonyl (C=O) groups is 2. The van der Waals surface area contributed by atoms with Crippen LogP contribution in [0.1, 0.15) is 20.3 Å². The van der Waals surface area contributed by atoms with Gasteiger partial charge in [0.15, 0.2) is 0 Å². The van der Waals surface area contributed by atoms with Gasteiger partial charge < -0.3 is 0 Å². The van der Waals surface area contributed by atoms with Crippen molar-refractivity contribution in [3.05, 3.63) is 11.0 Å². The Hall–Kier alpha value is -0.770. The number of likely N-dealkylation sites (N-methyl/N-ethyl adjacent to an activating group) is 1. The van der Waals surface area contributed by atoms with E-state index in [1.54, 1.807) is 0 Å². The number of nitrogens with zero attached hydrogens (tertiary/aromatic N) is 1. The van der Waals surface area contributed by atoms with Crippen LogP contribution in [0.5, 0.6) is 0 Å². The molecule has 13 heavy (non-hydrogen) atoms. The van der Waals surface area contributed by atoms with Crippen molar-refractivity contribution in [2.45, 2.75) is 20.3 Å². The summed E-state index contributed by atoms with van der Waals surface area (Å²) in [4.78, 5) is 24.1. The second-order valence-electron chi connectivity index (χ2n) is 3.43. The molecule has 1 fully saturated rings. The summed E-state index contributed by atoms with van der Waals surface area (Å²) in [5.41, 5.74) is 0. The van der Waals surface area contributed by atoms with E-state index in [0.29, 0.717) is 10.8 Å². The van der Waals surface area contributed by atoms with Gasteiger partial charge in [0.2, 0.25) is 0 Å². The fraction of sp³-hybridized carbons (Fsp3) is 0.556. The van der Waals surface area contributed by atoms with Crippen LogP contribution in [0.2, 0.25) is 0 Å². The van der Waals surface area contributed by atoms with E-state index in [-0.39, 0.29) is 11.1 Å². The smallest absolute Gasteiger partial charge is 0.272 e. The van der Waals surface area contributed by atoms with E-state index in [4.69, 9.17) is 0 Å². The molecule has 2 amide bonds. The van der Waals surface area contributed by atoms with Gasteiger partial charge in [0.05, 0.1) is 4.91 Å². The van der Waals surface area contributed by atoms with Gasteiger partial charge in [0.1, 0.15) is 0 Å². The zero-order valence-electron chi connectivity index (χ0n) is 8.03. The Balaban J connectivity index is 2.68. The standard InChI is InChI=1S/C9H13NO2S/c1-6(2)4-5-7-8(11)10(3)9(12)13-7/h5-6H,4H2,1-3H3/b7-5+. The summed E-state index contributed by atoms with van der Waals surface area (Å²) in [6.45, 7) is 4.15. The third-order valence-corrected chi connectivity index (χ3v) is 2.77. The zero-order chi connectivity index (χ0) is 10.0. The molecule has 0 spiro atoms. The first kappa shape index (κ1) is 10.3. The highest BCUT2D eigenvalue weighted by Crippen LogP contribution is 2.29. The monoisotopic (exact) mass is 199 g/mol. The second kappa shape index (κ2) is 3.96. The average molecular weight is 199 g/mol. The minimum Gasteiger partial charge on any atom is -0.272 e. The van der Waals surface area contributed by atoms with E-state index < -0.39 is 0 Å². The molecule has 4 heteroatoms. The second-order valence-corrected chi connectivity index (χ2v) is 4.42. The van der Waals surface area contributed by atoms with E-state index in [0.717, 1.165) is 23.1 Å². The molecular weight excluding hydrogens is 186 g/mol. The van der Waals surface area contributed by atoms with Crippen molar-refractivity contribution >= 4 is 22.9 Å². The summed E-state index contributed by atoms with van der Waals surface area (Å²) in [6.07, 6.45) is 2.69. The lowest BCUT2D eigenvalue weighted by Crippen LogP contribution is -2.22. The minimum atomic E-state index is -0.181. The van der Waals surface area contributed by atoms with Gasteiger partial charge in [0, 0.05) is 7.05 Å². The topological polar surface area (TPSA) is 37.4 Å². The Morgan fingerprint density at radius 1 is 1.46 bits per heavy atom. The molecule has 0 saturated carbocycles. The molecule has 0 atom stereocenters. The third-order valence-electron chi connectivity index (χ3n) is 1.76. The number of thioether (sulfide) groups is 1. The van der Waals surface area contributed by atoms with Crippen molar-refractivity contribution in [2.75, 3.05) is 7.05 Å². The predicted molar refractivity (Wildman–Crippen MR) is 53.3 cm³/mol. The zero-order valence-corrected chi connectivity index (χ0v) is 8.85. The van der Waals surface area contributed by atoms with Crippen LogP contribution in [-0.2, 0) is 4.79 Å². The maximum atomic E-state index is 11.3. The molecule has 0 radical (unpaired) electrons. The molecule has 0 N–H and O–H groups in total. The van der Waals surface area contributed by atoms with Crippen LogP contribution in [0.3, 0.4) is 0 Å². The van der Waals surface area contributed by atoms with Gasteiger partial charge in [0.25, 0.3) is 11.1 Å².